The number of nitrogens with zero attached hydrogens (tertiary/aromatic N) is 5. The zero-order valence-corrected chi connectivity index (χ0v) is 31.2. The number of carbonyl (C=O) groups excluding carboxylic acids is 1. The van der Waals surface area contributed by atoms with Crippen molar-refractivity contribution >= 4 is 11.9 Å². The summed E-state index contributed by atoms with van der Waals surface area (Å²) in [4.78, 5) is 17.6. The number of unbranched alkanes of at least 4 members (excludes halogenated alkanes) is 26. The lowest BCUT2D eigenvalue weighted by atomic mass is 9.93. The maximum Gasteiger partial charge on any atom is 0.268 e. The summed E-state index contributed by atoms with van der Waals surface area (Å²) in [5.74, 6) is 0.522. The molecule has 48 heavy (non-hydrogen) atoms. The summed E-state index contributed by atoms with van der Waals surface area (Å²) in [6.07, 6.45) is 41.2. The first kappa shape index (κ1) is 41.7. The van der Waals surface area contributed by atoms with Gasteiger partial charge in [0.15, 0.2) is 0 Å². The number of pyridine rings is 1. The fraction of sp³-hybridized carbons (Fsp3) is 0.805. The molecule has 0 saturated carbocycles. The summed E-state index contributed by atoms with van der Waals surface area (Å²) in [7, 11) is 0. The lowest BCUT2D eigenvalue weighted by Crippen LogP contribution is -2.24. The second-order valence-corrected chi connectivity index (χ2v) is 14.2. The molecule has 0 aromatic carbocycles. The minimum absolute atomic E-state index is 0.00794. The highest BCUT2D eigenvalue weighted by Gasteiger charge is 2.19. The van der Waals surface area contributed by atoms with Gasteiger partial charge < -0.3 is 0 Å². The van der Waals surface area contributed by atoms with Gasteiger partial charge in [0.25, 0.3) is 5.95 Å². The van der Waals surface area contributed by atoms with E-state index in [-0.39, 0.29) is 17.8 Å². The van der Waals surface area contributed by atoms with Crippen molar-refractivity contribution in [3.05, 3.63) is 24.4 Å². The standard InChI is InChI=1S/C41H72N6O/c1-3-5-7-9-11-13-15-17-19-21-23-25-27-29-33-37(34-30-28-26-24-22-20-18-16-14-12-10-8-6-4-2)40(48)43-41-46-44-39(45-47-41)38-35-31-32-36-42-38/h31-32,35-37H,3-30,33-34H2,1-2H3,(H,43,46,47,48). The molecular weight excluding hydrogens is 592 g/mol. The van der Waals surface area contributed by atoms with E-state index in [9.17, 15) is 4.79 Å². The molecule has 2 aromatic rings. The molecule has 1 amide bonds. The number of hydrogen-bond donors (Lipinski definition) is 1. The number of rotatable bonds is 33. The summed E-state index contributed by atoms with van der Waals surface area (Å²) < 4.78 is 0. The Bertz CT molecular complexity index is 954. The first-order chi connectivity index (χ1) is 23.7. The van der Waals surface area contributed by atoms with Crippen molar-refractivity contribution in [3.63, 3.8) is 0 Å². The summed E-state index contributed by atoms with van der Waals surface area (Å²) in [5, 5.41) is 19.5. The Labute approximate surface area is 295 Å². The molecule has 0 saturated heterocycles. The molecule has 0 aliphatic heterocycles. The third-order valence-electron chi connectivity index (χ3n) is 9.79. The predicted molar refractivity (Wildman–Crippen MR) is 203 cm³/mol. The lowest BCUT2D eigenvalue weighted by molar-refractivity contribution is -0.120. The van der Waals surface area contributed by atoms with Crippen molar-refractivity contribution in [2.24, 2.45) is 5.92 Å². The first-order valence-electron chi connectivity index (χ1n) is 20.5. The van der Waals surface area contributed by atoms with Crippen LogP contribution in [0.15, 0.2) is 24.4 Å². The summed E-state index contributed by atoms with van der Waals surface area (Å²) in [6, 6.07) is 5.54. The Balaban J connectivity index is 1.64. The summed E-state index contributed by atoms with van der Waals surface area (Å²) in [5.41, 5.74) is 0.615. The number of aromatic nitrogens is 5. The average Bonchev–Trinajstić information content (AvgIpc) is 3.11. The second-order valence-electron chi connectivity index (χ2n) is 14.2. The molecule has 0 radical (unpaired) electrons. The van der Waals surface area contributed by atoms with E-state index in [1.165, 1.54) is 167 Å². The molecular formula is C41H72N6O. The van der Waals surface area contributed by atoms with E-state index in [0.29, 0.717) is 11.5 Å². The maximum absolute atomic E-state index is 13.3. The molecule has 272 valence electrons. The van der Waals surface area contributed by atoms with Gasteiger partial charge in [-0.2, -0.15) is 0 Å². The molecule has 0 aliphatic carbocycles. The Morgan fingerprint density at radius 1 is 0.521 bits per heavy atom. The smallest absolute Gasteiger partial charge is 0.268 e. The van der Waals surface area contributed by atoms with Gasteiger partial charge in [-0.3, -0.25) is 15.1 Å². The van der Waals surface area contributed by atoms with Gasteiger partial charge >= 0.3 is 0 Å². The molecule has 7 heteroatoms. The number of amides is 1. The molecule has 0 atom stereocenters. The van der Waals surface area contributed by atoms with Crippen LogP contribution >= 0.6 is 0 Å². The molecule has 0 spiro atoms. The molecule has 0 fully saturated rings. The van der Waals surface area contributed by atoms with Crippen LogP contribution in [0.1, 0.15) is 206 Å². The van der Waals surface area contributed by atoms with Crippen LogP contribution in [-0.4, -0.2) is 31.3 Å². The van der Waals surface area contributed by atoms with Gasteiger partial charge in [-0.15, -0.1) is 20.4 Å². The maximum atomic E-state index is 13.3. The molecule has 2 rings (SSSR count). The van der Waals surface area contributed by atoms with Crippen molar-refractivity contribution in [2.75, 3.05) is 5.32 Å². The molecule has 2 aromatic heterocycles. The van der Waals surface area contributed by atoms with Crippen molar-refractivity contribution < 1.29 is 4.79 Å². The molecule has 2 heterocycles. The van der Waals surface area contributed by atoms with E-state index < -0.39 is 0 Å². The first-order valence-corrected chi connectivity index (χ1v) is 20.5. The Morgan fingerprint density at radius 2 is 0.896 bits per heavy atom. The zero-order valence-electron chi connectivity index (χ0n) is 31.2. The van der Waals surface area contributed by atoms with Gasteiger partial charge in [0.05, 0.1) is 0 Å². The van der Waals surface area contributed by atoms with Gasteiger partial charge in [-0.25, -0.2) is 0 Å². The molecule has 1 N–H and O–H groups in total. The van der Waals surface area contributed by atoms with E-state index in [1.54, 1.807) is 6.20 Å². The van der Waals surface area contributed by atoms with E-state index >= 15 is 0 Å². The van der Waals surface area contributed by atoms with Crippen LogP contribution in [0.5, 0.6) is 0 Å². The van der Waals surface area contributed by atoms with Crippen LogP contribution in [-0.2, 0) is 4.79 Å². The van der Waals surface area contributed by atoms with Crippen LogP contribution in [0.3, 0.4) is 0 Å². The Kier molecular flexibility index (Phi) is 26.6. The van der Waals surface area contributed by atoms with Gasteiger partial charge in [0.2, 0.25) is 11.7 Å². The Morgan fingerprint density at radius 3 is 1.25 bits per heavy atom. The molecule has 7 nitrogen and oxygen atoms in total. The minimum Gasteiger partial charge on any atom is -0.292 e. The van der Waals surface area contributed by atoms with Crippen molar-refractivity contribution in [2.45, 2.75) is 206 Å². The van der Waals surface area contributed by atoms with E-state index in [4.69, 9.17) is 0 Å². The van der Waals surface area contributed by atoms with Crippen LogP contribution in [0.2, 0.25) is 0 Å². The summed E-state index contributed by atoms with van der Waals surface area (Å²) in [6.45, 7) is 4.57. The SMILES string of the molecule is CCCCCCCCCCCCCCCCC(CCCCCCCCCCCCCCCC)C(=O)Nc1nnc(-c2ccccn2)nn1. The third kappa shape index (κ3) is 22.2. The quantitative estimate of drug-likeness (QED) is 0.0763. The number of hydrogen-bond acceptors (Lipinski definition) is 6. The highest BCUT2D eigenvalue weighted by molar-refractivity contribution is 5.90. The zero-order chi connectivity index (χ0) is 34.2. The van der Waals surface area contributed by atoms with Crippen LogP contribution in [0.4, 0.5) is 5.95 Å². The van der Waals surface area contributed by atoms with Crippen LogP contribution in [0, 0.1) is 5.92 Å². The van der Waals surface area contributed by atoms with Crippen molar-refractivity contribution in [3.8, 4) is 11.5 Å². The molecule has 0 unspecified atom stereocenters. The minimum atomic E-state index is -0.0151. The van der Waals surface area contributed by atoms with Crippen molar-refractivity contribution in [1.29, 1.82) is 0 Å². The lowest BCUT2D eigenvalue weighted by Gasteiger charge is -2.16. The third-order valence-corrected chi connectivity index (χ3v) is 9.79. The molecule has 0 aliphatic rings. The fourth-order valence-electron chi connectivity index (χ4n) is 6.67. The van der Waals surface area contributed by atoms with Crippen LogP contribution in [0.25, 0.3) is 11.5 Å². The molecule has 0 bridgehead atoms. The highest BCUT2D eigenvalue weighted by Crippen LogP contribution is 2.22. The summed E-state index contributed by atoms with van der Waals surface area (Å²) >= 11 is 0. The average molecular weight is 665 g/mol. The van der Waals surface area contributed by atoms with Gasteiger partial charge in [-0.05, 0) is 25.0 Å². The highest BCUT2D eigenvalue weighted by atomic mass is 16.2. The van der Waals surface area contributed by atoms with E-state index in [0.717, 1.165) is 25.7 Å². The fourth-order valence-corrected chi connectivity index (χ4v) is 6.67. The topological polar surface area (TPSA) is 93.6 Å². The second kappa shape index (κ2) is 30.6. The number of carbonyl (C=O) groups is 1. The number of nitrogens with one attached hydrogen (secondary N) is 1. The number of anilines is 1. The van der Waals surface area contributed by atoms with Gasteiger partial charge in [0.1, 0.15) is 5.69 Å². The van der Waals surface area contributed by atoms with Gasteiger partial charge in [0, 0.05) is 12.1 Å². The monoisotopic (exact) mass is 665 g/mol. The van der Waals surface area contributed by atoms with Crippen LogP contribution < -0.4 is 5.32 Å². The normalized spacial score (nSPS) is 11.4. The Hall–Kier alpha value is -2.44. The largest absolute Gasteiger partial charge is 0.292 e. The predicted octanol–water partition coefficient (Wildman–Crippen LogP) is 12.6. The van der Waals surface area contributed by atoms with E-state index in [1.807, 2.05) is 18.2 Å². The van der Waals surface area contributed by atoms with Crippen molar-refractivity contribution in [1.82, 2.24) is 25.4 Å². The van der Waals surface area contributed by atoms with Gasteiger partial charge in [-0.1, -0.05) is 200 Å². The van der Waals surface area contributed by atoms with E-state index in [2.05, 4.69) is 44.5 Å².